The maximum absolute atomic E-state index is 10.2. The van der Waals surface area contributed by atoms with E-state index in [0.29, 0.717) is 17.8 Å². The van der Waals surface area contributed by atoms with Crippen LogP contribution in [-0.2, 0) is 0 Å². The monoisotopic (exact) mass is 194 g/mol. The number of hydrogen-bond acceptors (Lipinski definition) is 2. The van der Waals surface area contributed by atoms with Crippen LogP contribution in [0.5, 0.6) is 0 Å². The molecule has 0 spiro atoms. The Hall–Kier alpha value is -0.0800. The molecule has 0 amide bonds. The van der Waals surface area contributed by atoms with Crippen LogP contribution < -0.4 is 0 Å². The molecule has 78 valence electrons. The number of rotatable bonds is 0. The van der Waals surface area contributed by atoms with Crippen molar-refractivity contribution in [1.82, 2.24) is 0 Å². The molecule has 0 bridgehead atoms. The SMILES string of the molecule is OC1C2CCC2C2C3CCC3C(O)C12. The Labute approximate surface area is 84.3 Å². The smallest absolute Gasteiger partial charge is 0.0626 e. The Bertz CT molecular complexity index is 237. The van der Waals surface area contributed by atoms with Gasteiger partial charge in [0.1, 0.15) is 0 Å². The quantitative estimate of drug-likeness (QED) is 0.604. The minimum absolute atomic E-state index is 0.167. The summed E-state index contributed by atoms with van der Waals surface area (Å²) in [6.07, 6.45) is 4.72. The first kappa shape index (κ1) is 8.12. The molecule has 0 radical (unpaired) electrons. The first-order valence-electron chi connectivity index (χ1n) is 6.15. The molecule has 0 saturated heterocycles. The van der Waals surface area contributed by atoms with Gasteiger partial charge in [-0.1, -0.05) is 0 Å². The lowest BCUT2D eigenvalue weighted by Gasteiger charge is -2.43. The molecule has 14 heavy (non-hydrogen) atoms. The van der Waals surface area contributed by atoms with E-state index in [1.54, 1.807) is 0 Å². The standard InChI is InChI=1S/C12H18O2/c13-11-7-3-1-5(7)9-6-2-4-8(6)12(14)10(9)11/h5-14H,1-4H2. The van der Waals surface area contributed by atoms with Crippen molar-refractivity contribution in [3.05, 3.63) is 0 Å². The fraction of sp³-hybridized carbons (Fsp3) is 1.00. The van der Waals surface area contributed by atoms with Gasteiger partial charge in [0.25, 0.3) is 0 Å². The summed E-state index contributed by atoms with van der Waals surface area (Å²) in [6, 6.07) is 0. The summed E-state index contributed by atoms with van der Waals surface area (Å²) in [7, 11) is 0. The van der Waals surface area contributed by atoms with Gasteiger partial charge in [0.15, 0.2) is 0 Å². The largest absolute Gasteiger partial charge is 0.392 e. The van der Waals surface area contributed by atoms with Gasteiger partial charge in [0.2, 0.25) is 0 Å². The van der Waals surface area contributed by atoms with Gasteiger partial charge in [-0.05, 0) is 55.3 Å². The average molecular weight is 194 g/mol. The molecule has 4 aliphatic carbocycles. The van der Waals surface area contributed by atoms with Crippen LogP contribution in [0.4, 0.5) is 0 Å². The van der Waals surface area contributed by atoms with E-state index in [0.717, 1.165) is 11.8 Å². The second-order valence-electron chi connectivity index (χ2n) is 5.95. The lowest BCUT2D eigenvalue weighted by molar-refractivity contribution is -0.0304. The highest BCUT2D eigenvalue weighted by molar-refractivity contribution is 5.14. The highest BCUT2D eigenvalue weighted by atomic mass is 16.3. The van der Waals surface area contributed by atoms with Crippen molar-refractivity contribution >= 4 is 0 Å². The second kappa shape index (κ2) is 2.35. The third-order valence-corrected chi connectivity index (χ3v) is 5.87. The van der Waals surface area contributed by atoms with E-state index in [-0.39, 0.29) is 18.1 Å². The number of hydrogen-bond donors (Lipinski definition) is 2. The van der Waals surface area contributed by atoms with Gasteiger partial charge in [-0.2, -0.15) is 0 Å². The molecule has 4 rings (SSSR count). The minimum atomic E-state index is -0.167. The maximum Gasteiger partial charge on any atom is 0.0626 e. The van der Waals surface area contributed by atoms with Crippen molar-refractivity contribution in [2.45, 2.75) is 37.9 Å². The zero-order valence-corrected chi connectivity index (χ0v) is 8.34. The van der Waals surface area contributed by atoms with E-state index in [2.05, 4.69) is 0 Å². The van der Waals surface area contributed by atoms with Crippen molar-refractivity contribution in [3.8, 4) is 0 Å². The number of aliphatic hydroxyl groups excluding tert-OH is 2. The molecular weight excluding hydrogens is 176 g/mol. The highest BCUT2D eigenvalue weighted by Crippen LogP contribution is 2.66. The molecule has 6 unspecified atom stereocenters. The van der Waals surface area contributed by atoms with Crippen LogP contribution in [0.2, 0.25) is 0 Å². The third kappa shape index (κ3) is 0.674. The summed E-state index contributed by atoms with van der Waals surface area (Å²) < 4.78 is 0. The van der Waals surface area contributed by atoms with Crippen LogP contribution >= 0.6 is 0 Å². The molecular formula is C12H18O2. The van der Waals surface area contributed by atoms with Crippen molar-refractivity contribution in [3.63, 3.8) is 0 Å². The lowest BCUT2D eigenvalue weighted by atomic mass is 9.63. The van der Waals surface area contributed by atoms with E-state index in [9.17, 15) is 10.2 Å². The third-order valence-electron chi connectivity index (χ3n) is 5.87. The van der Waals surface area contributed by atoms with Crippen LogP contribution in [-0.4, -0.2) is 22.4 Å². The maximum atomic E-state index is 10.2. The molecule has 0 heterocycles. The van der Waals surface area contributed by atoms with E-state index in [1.807, 2.05) is 0 Å². The Morgan fingerprint density at radius 1 is 0.571 bits per heavy atom. The normalized spacial score (nSPS) is 69.0. The summed E-state index contributed by atoms with van der Waals surface area (Å²) in [5.41, 5.74) is 0. The van der Waals surface area contributed by atoms with Gasteiger partial charge in [0.05, 0.1) is 12.2 Å². The molecule has 2 N–H and O–H groups in total. The molecule has 4 saturated carbocycles. The Kier molecular flexibility index (Phi) is 1.37. The predicted octanol–water partition coefficient (Wildman–Crippen LogP) is 1.02. The van der Waals surface area contributed by atoms with Crippen LogP contribution in [0, 0.1) is 35.5 Å². The summed E-state index contributed by atoms with van der Waals surface area (Å²) in [6.45, 7) is 0. The summed E-state index contributed by atoms with van der Waals surface area (Å²) in [5, 5.41) is 20.3. The van der Waals surface area contributed by atoms with E-state index >= 15 is 0 Å². The summed E-state index contributed by atoms with van der Waals surface area (Å²) in [4.78, 5) is 0. The van der Waals surface area contributed by atoms with Gasteiger partial charge in [-0.25, -0.2) is 0 Å². The average Bonchev–Trinajstić information content (AvgIpc) is 2.25. The molecule has 0 aliphatic heterocycles. The van der Waals surface area contributed by atoms with Crippen molar-refractivity contribution < 1.29 is 10.2 Å². The fourth-order valence-electron chi connectivity index (χ4n) is 5.02. The topological polar surface area (TPSA) is 40.5 Å². The molecule has 0 aromatic rings. The van der Waals surface area contributed by atoms with Crippen molar-refractivity contribution in [2.24, 2.45) is 35.5 Å². The predicted molar refractivity (Wildman–Crippen MR) is 51.4 cm³/mol. The van der Waals surface area contributed by atoms with Crippen LogP contribution in [0.25, 0.3) is 0 Å². The summed E-state index contributed by atoms with van der Waals surface area (Å²) in [5.74, 6) is 3.62. The molecule has 0 aromatic carbocycles. The lowest BCUT2D eigenvalue weighted by Crippen LogP contribution is -2.39. The first-order valence-corrected chi connectivity index (χ1v) is 6.15. The van der Waals surface area contributed by atoms with E-state index in [1.165, 1.54) is 25.7 Å². The van der Waals surface area contributed by atoms with Crippen LogP contribution in [0.3, 0.4) is 0 Å². The summed E-state index contributed by atoms with van der Waals surface area (Å²) >= 11 is 0. The van der Waals surface area contributed by atoms with Gasteiger partial charge in [0, 0.05) is 5.92 Å². The Morgan fingerprint density at radius 2 is 1.00 bits per heavy atom. The van der Waals surface area contributed by atoms with Crippen molar-refractivity contribution in [1.29, 1.82) is 0 Å². The Balaban J connectivity index is 1.73. The zero-order valence-electron chi connectivity index (χ0n) is 8.34. The highest BCUT2D eigenvalue weighted by Gasteiger charge is 2.66. The molecule has 2 heteroatoms. The van der Waals surface area contributed by atoms with Crippen molar-refractivity contribution in [2.75, 3.05) is 0 Å². The number of fused-ring (bicyclic) bond motifs is 5. The molecule has 6 atom stereocenters. The second-order valence-corrected chi connectivity index (χ2v) is 5.95. The van der Waals surface area contributed by atoms with Crippen LogP contribution in [0.1, 0.15) is 25.7 Å². The Morgan fingerprint density at radius 3 is 1.36 bits per heavy atom. The minimum Gasteiger partial charge on any atom is -0.392 e. The number of aliphatic hydroxyl groups is 2. The van der Waals surface area contributed by atoms with Gasteiger partial charge >= 0.3 is 0 Å². The molecule has 2 nitrogen and oxygen atoms in total. The van der Waals surface area contributed by atoms with Gasteiger partial charge in [-0.3, -0.25) is 0 Å². The molecule has 4 aliphatic rings. The van der Waals surface area contributed by atoms with Gasteiger partial charge < -0.3 is 10.2 Å². The zero-order chi connectivity index (χ0) is 9.45. The van der Waals surface area contributed by atoms with Crippen LogP contribution in [0.15, 0.2) is 0 Å². The van der Waals surface area contributed by atoms with Gasteiger partial charge in [-0.15, -0.1) is 0 Å². The van der Waals surface area contributed by atoms with E-state index in [4.69, 9.17) is 0 Å². The molecule has 4 fully saturated rings. The first-order chi connectivity index (χ1) is 6.79. The fourth-order valence-corrected chi connectivity index (χ4v) is 5.02. The van der Waals surface area contributed by atoms with E-state index < -0.39 is 0 Å². The molecule has 0 aromatic heterocycles.